The fourth-order valence-corrected chi connectivity index (χ4v) is 3.36. The monoisotopic (exact) mass is 377 g/mol. The minimum atomic E-state index is -1.52. The van der Waals surface area contributed by atoms with Crippen LogP contribution in [-0.2, 0) is 10.3 Å². The first kappa shape index (κ1) is 19.4. The molecule has 0 spiro atoms. The summed E-state index contributed by atoms with van der Waals surface area (Å²) < 4.78 is 5.38. The number of nitrogens with zero attached hydrogens (tertiary/aromatic N) is 1. The molecule has 144 valence electrons. The van der Waals surface area contributed by atoms with Crippen molar-refractivity contribution in [3.63, 3.8) is 0 Å². The van der Waals surface area contributed by atoms with E-state index in [0.717, 1.165) is 16.7 Å². The summed E-state index contributed by atoms with van der Waals surface area (Å²) in [6, 6.07) is 16.2. The van der Waals surface area contributed by atoms with Gasteiger partial charge < -0.3 is 14.4 Å². The van der Waals surface area contributed by atoms with Gasteiger partial charge in [0.05, 0.1) is 6.26 Å². The second-order valence-electron chi connectivity index (χ2n) is 7.17. The fraction of sp³-hybridized carbons (Fsp3) is 0.217. The number of aliphatic carboxylic acids is 1. The second-order valence-corrected chi connectivity index (χ2v) is 7.17. The minimum absolute atomic E-state index is 0.341. The first-order valence-electron chi connectivity index (χ1n) is 8.97. The number of carboxylic acids is 1. The van der Waals surface area contributed by atoms with Gasteiger partial charge in [0, 0.05) is 18.2 Å². The molecule has 0 saturated heterocycles. The second kappa shape index (κ2) is 7.35. The average molecular weight is 377 g/mol. The summed E-state index contributed by atoms with van der Waals surface area (Å²) >= 11 is 0. The van der Waals surface area contributed by atoms with Crippen LogP contribution < -0.4 is 0 Å². The maximum absolute atomic E-state index is 13.1. The largest absolute Gasteiger partial charge is 0.479 e. The Kier molecular flexibility index (Phi) is 5.10. The highest BCUT2D eigenvalue weighted by atomic mass is 16.4. The van der Waals surface area contributed by atoms with Crippen LogP contribution in [0.4, 0.5) is 0 Å². The lowest BCUT2D eigenvalue weighted by Crippen LogP contribution is -2.50. The number of hydrogen-bond acceptors (Lipinski definition) is 3. The molecule has 1 heterocycles. The van der Waals surface area contributed by atoms with Gasteiger partial charge in [0.15, 0.2) is 5.54 Å². The third-order valence-corrected chi connectivity index (χ3v) is 5.11. The summed E-state index contributed by atoms with van der Waals surface area (Å²) in [5.41, 5.74) is 2.21. The molecule has 1 aromatic heterocycles. The van der Waals surface area contributed by atoms with Crippen LogP contribution in [-0.4, -0.2) is 28.9 Å². The molecule has 1 atom stereocenters. The van der Waals surface area contributed by atoms with Gasteiger partial charge in [-0.25, -0.2) is 4.79 Å². The van der Waals surface area contributed by atoms with Gasteiger partial charge in [0.1, 0.15) is 5.76 Å². The zero-order chi connectivity index (χ0) is 20.5. The normalized spacial score (nSPS) is 13.0. The van der Waals surface area contributed by atoms with Crippen molar-refractivity contribution in [3.8, 4) is 11.3 Å². The summed E-state index contributed by atoms with van der Waals surface area (Å²) in [5, 5.41) is 10.0. The summed E-state index contributed by atoms with van der Waals surface area (Å²) in [6.07, 6.45) is 1.58. The van der Waals surface area contributed by atoms with E-state index in [0.29, 0.717) is 16.9 Å². The van der Waals surface area contributed by atoms with Gasteiger partial charge in [-0.15, -0.1) is 0 Å². The van der Waals surface area contributed by atoms with Crippen LogP contribution in [0.1, 0.15) is 34.0 Å². The summed E-state index contributed by atoms with van der Waals surface area (Å²) in [6.45, 7) is 5.36. The molecule has 0 fully saturated rings. The van der Waals surface area contributed by atoms with Crippen LogP contribution in [0.25, 0.3) is 11.3 Å². The fourth-order valence-electron chi connectivity index (χ4n) is 3.36. The molecule has 1 N–H and O–H groups in total. The van der Waals surface area contributed by atoms with Crippen LogP contribution in [0, 0.1) is 13.8 Å². The Morgan fingerprint density at radius 2 is 1.61 bits per heavy atom. The Bertz CT molecular complexity index is 985. The zero-order valence-electron chi connectivity index (χ0n) is 16.4. The van der Waals surface area contributed by atoms with Crippen LogP contribution in [0.5, 0.6) is 0 Å². The summed E-state index contributed by atoms with van der Waals surface area (Å²) in [7, 11) is 1.52. The number of amides is 1. The van der Waals surface area contributed by atoms with Crippen molar-refractivity contribution in [1.82, 2.24) is 4.90 Å². The summed E-state index contributed by atoms with van der Waals surface area (Å²) in [4.78, 5) is 26.6. The minimum Gasteiger partial charge on any atom is -0.479 e. The van der Waals surface area contributed by atoms with Crippen molar-refractivity contribution < 1.29 is 19.1 Å². The van der Waals surface area contributed by atoms with Gasteiger partial charge in [-0.3, -0.25) is 4.79 Å². The number of rotatable bonds is 5. The van der Waals surface area contributed by atoms with Crippen molar-refractivity contribution in [2.24, 2.45) is 0 Å². The van der Waals surface area contributed by atoms with Gasteiger partial charge in [0.25, 0.3) is 5.91 Å². The van der Waals surface area contributed by atoms with E-state index in [1.807, 2.05) is 26.0 Å². The Morgan fingerprint density at radius 3 is 2.11 bits per heavy atom. The smallest absolute Gasteiger partial charge is 0.334 e. The molecule has 1 unspecified atom stereocenters. The molecule has 0 aliphatic rings. The van der Waals surface area contributed by atoms with Gasteiger partial charge >= 0.3 is 5.97 Å². The van der Waals surface area contributed by atoms with Crippen molar-refractivity contribution in [3.05, 3.63) is 83.1 Å². The number of aryl methyl sites for hydroxylation is 2. The predicted molar refractivity (Wildman–Crippen MR) is 107 cm³/mol. The van der Waals surface area contributed by atoms with E-state index in [2.05, 4.69) is 0 Å². The number of carbonyl (C=O) groups is 2. The van der Waals surface area contributed by atoms with Gasteiger partial charge in [-0.2, -0.15) is 0 Å². The lowest BCUT2D eigenvalue weighted by molar-refractivity contribution is -0.148. The number of benzene rings is 2. The molecular weight excluding hydrogens is 354 g/mol. The number of furan rings is 1. The van der Waals surface area contributed by atoms with Crippen molar-refractivity contribution in [2.75, 3.05) is 7.05 Å². The molecule has 0 radical (unpaired) electrons. The van der Waals surface area contributed by atoms with E-state index in [9.17, 15) is 14.7 Å². The first-order valence-corrected chi connectivity index (χ1v) is 8.97. The average Bonchev–Trinajstić information content (AvgIpc) is 3.20. The van der Waals surface area contributed by atoms with E-state index >= 15 is 0 Å². The Hall–Kier alpha value is -3.34. The Balaban J connectivity index is 1.98. The van der Waals surface area contributed by atoms with Gasteiger partial charge in [-0.05, 0) is 50.6 Å². The van der Waals surface area contributed by atoms with Crippen molar-refractivity contribution >= 4 is 11.9 Å². The molecule has 3 aromatic rings. The number of likely N-dealkylation sites (N-methyl/N-ethyl adjacent to an activating group) is 1. The number of hydrogen-bond donors (Lipinski definition) is 1. The standard InChI is InChI=1S/C23H23NO4/c1-15-12-16(2)14-18(13-15)21(25)24(4)23(3,22(26)27)19-9-7-17(8-10-19)20-6-5-11-28-20/h5-14H,1-4H3,(H,26,27). The molecule has 3 rings (SSSR count). The Morgan fingerprint density at radius 1 is 1.00 bits per heavy atom. The molecule has 2 aromatic carbocycles. The van der Waals surface area contributed by atoms with E-state index in [1.54, 1.807) is 48.7 Å². The highest BCUT2D eigenvalue weighted by Gasteiger charge is 2.42. The van der Waals surface area contributed by atoms with E-state index in [4.69, 9.17) is 4.42 Å². The SMILES string of the molecule is Cc1cc(C)cc(C(=O)N(C)C(C)(C(=O)O)c2ccc(-c3ccco3)cc2)c1. The zero-order valence-corrected chi connectivity index (χ0v) is 16.4. The molecule has 1 amide bonds. The van der Waals surface area contributed by atoms with E-state index < -0.39 is 11.5 Å². The highest BCUT2D eigenvalue weighted by molar-refractivity contribution is 5.98. The predicted octanol–water partition coefficient (Wildman–Crippen LogP) is 4.64. The molecule has 0 aliphatic heterocycles. The van der Waals surface area contributed by atoms with Crippen molar-refractivity contribution in [2.45, 2.75) is 26.3 Å². The maximum atomic E-state index is 13.1. The van der Waals surface area contributed by atoms with Crippen LogP contribution >= 0.6 is 0 Å². The molecule has 0 aliphatic carbocycles. The molecule has 0 bridgehead atoms. The third-order valence-electron chi connectivity index (χ3n) is 5.11. The van der Waals surface area contributed by atoms with Crippen LogP contribution in [0.2, 0.25) is 0 Å². The number of carbonyl (C=O) groups excluding carboxylic acids is 1. The topological polar surface area (TPSA) is 70.8 Å². The summed E-state index contributed by atoms with van der Waals surface area (Å²) in [5.74, 6) is -0.742. The van der Waals surface area contributed by atoms with E-state index in [1.165, 1.54) is 18.9 Å². The molecular formula is C23H23NO4. The van der Waals surface area contributed by atoms with Gasteiger partial charge in [-0.1, -0.05) is 41.5 Å². The van der Waals surface area contributed by atoms with E-state index in [-0.39, 0.29) is 5.91 Å². The third kappa shape index (κ3) is 3.43. The molecule has 0 saturated carbocycles. The Labute approximate surface area is 164 Å². The maximum Gasteiger partial charge on any atom is 0.334 e. The van der Waals surface area contributed by atoms with Crippen molar-refractivity contribution in [1.29, 1.82) is 0 Å². The quantitative estimate of drug-likeness (QED) is 0.703. The van der Waals surface area contributed by atoms with Gasteiger partial charge in [0.2, 0.25) is 0 Å². The van der Waals surface area contributed by atoms with Crippen LogP contribution in [0.3, 0.4) is 0 Å². The highest BCUT2D eigenvalue weighted by Crippen LogP contribution is 2.31. The number of carboxylic acid groups (broad SMARTS) is 1. The lowest BCUT2D eigenvalue weighted by atomic mass is 9.88. The molecule has 5 nitrogen and oxygen atoms in total. The molecule has 28 heavy (non-hydrogen) atoms. The molecule has 5 heteroatoms. The van der Waals surface area contributed by atoms with Crippen LogP contribution in [0.15, 0.2) is 65.3 Å². The lowest BCUT2D eigenvalue weighted by Gasteiger charge is -2.35. The first-order chi connectivity index (χ1) is 13.2.